The summed E-state index contributed by atoms with van der Waals surface area (Å²) in [5, 5.41) is 3.17. The highest BCUT2D eigenvalue weighted by atomic mass is 15.4. The Morgan fingerprint density at radius 3 is 2.00 bits per heavy atom. The average Bonchev–Trinajstić information content (AvgIpc) is 2.59. The van der Waals surface area contributed by atoms with Gasteiger partial charge in [0.15, 0.2) is 0 Å². The van der Waals surface area contributed by atoms with Crippen molar-refractivity contribution in [3.63, 3.8) is 0 Å². The summed E-state index contributed by atoms with van der Waals surface area (Å²) in [6.07, 6.45) is 11.9. The molecule has 0 aromatic heterocycles. The fourth-order valence-corrected chi connectivity index (χ4v) is 6.38. The Balaban J connectivity index is 2.00. The number of rotatable bonds is 4. The molecule has 0 N–H and O–H groups in total. The zero-order valence-electron chi connectivity index (χ0n) is 17.4. The maximum absolute atomic E-state index is 2.61. The van der Waals surface area contributed by atoms with Crippen LogP contribution in [-0.4, -0.2) is 22.6 Å². The van der Waals surface area contributed by atoms with E-state index in [4.69, 9.17) is 0 Å². The van der Waals surface area contributed by atoms with Crippen molar-refractivity contribution in [1.82, 2.24) is 0 Å². The van der Waals surface area contributed by atoms with Gasteiger partial charge in [-0.05, 0) is 99.6 Å². The van der Waals surface area contributed by atoms with Crippen LogP contribution in [0.1, 0.15) is 65.5 Å². The smallest absolute Gasteiger partial charge is 0.114 e. The van der Waals surface area contributed by atoms with E-state index in [-0.39, 0.29) is 0 Å². The third-order valence-corrected chi connectivity index (χ3v) is 7.11. The van der Waals surface area contributed by atoms with Crippen molar-refractivity contribution in [2.24, 2.45) is 0 Å². The number of benzene rings is 1. The van der Waals surface area contributed by atoms with Crippen LogP contribution in [-0.2, 0) is 12.8 Å². The van der Waals surface area contributed by atoms with Gasteiger partial charge in [-0.1, -0.05) is 24.3 Å². The Hall–Kier alpha value is -1.60. The zero-order valence-corrected chi connectivity index (χ0v) is 17.4. The lowest BCUT2D eigenvalue weighted by Gasteiger charge is -2.51. The second kappa shape index (κ2) is 6.23. The third kappa shape index (κ3) is 2.33. The number of allylic oxidation sites excluding steroid dienone is 4. The van der Waals surface area contributed by atoms with Crippen molar-refractivity contribution in [1.29, 1.82) is 0 Å². The first kappa shape index (κ1) is 17.8. The topological polar surface area (TPSA) is 0 Å². The standard InChI is InChI=1S/C25H34N/c1-16(2)26(17(3)4,18(5)6)23-14-21-12-10-19-8-7-9-20-11-13-22(15-23)25(21)24(19)20/h7-8,11,13-14,16-18H,9-10,12,15H2,1-6H3/q+1. The minimum Gasteiger partial charge on any atom is -0.289 e. The molecule has 0 bridgehead atoms. The Kier molecular flexibility index (Phi) is 4.27. The van der Waals surface area contributed by atoms with E-state index in [2.05, 4.69) is 71.9 Å². The quantitative estimate of drug-likeness (QED) is 0.709. The number of hydrogen-bond acceptors (Lipinski definition) is 0. The molecular weight excluding hydrogens is 314 g/mol. The molecule has 26 heavy (non-hydrogen) atoms. The molecule has 0 aliphatic heterocycles. The molecule has 1 aromatic carbocycles. The predicted molar refractivity (Wildman–Crippen MR) is 112 cm³/mol. The van der Waals surface area contributed by atoms with Crippen LogP contribution in [0.3, 0.4) is 0 Å². The van der Waals surface area contributed by atoms with E-state index >= 15 is 0 Å². The molecule has 0 unspecified atom stereocenters. The van der Waals surface area contributed by atoms with E-state index in [0.29, 0.717) is 18.1 Å². The van der Waals surface area contributed by atoms with Crippen LogP contribution >= 0.6 is 0 Å². The van der Waals surface area contributed by atoms with Crippen molar-refractivity contribution in [3.8, 4) is 0 Å². The van der Waals surface area contributed by atoms with Crippen LogP contribution in [0.25, 0.3) is 11.1 Å². The Morgan fingerprint density at radius 2 is 1.35 bits per heavy atom. The fraction of sp³-hybridized carbons (Fsp3) is 0.520. The van der Waals surface area contributed by atoms with Crippen LogP contribution in [0.4, 0.5) is 0 Å². The molecule has 138 valence electrons. The van der Waals surface area contributed by atoms with Crippen molar-refractivity contribution in [3.05, 3.63) is 57.6 Å². The summed E-state index contributed by atoms with van der Waals surface area (Å²) >= 11 is 0. The Labute approximate surface area is 159 Å². The van der Waals surface area contributed by atoms with Crippen molar-refractivity contribution >= 4 is 11.1 Å². The molecule has 0 saturated heterocycles. The molecule has 4 rings (SSSR count). The van der Waals surface area contributed by atoms with Gasteiger partial charge in [0.25, 0.3) is 0 Å². The minimum atomic E-state index is 0.592. The van der Waals surface area contributed by atoms with Gasteiger partial charge in [0.2, 0.25) is 0 Å². The summed E-state index contributed by atoms with van der Waals surface area (Å²) in [6.45, 7) is 14.4. The maximum atomic E-state index is 2.61. The largest absolute Gasteiger partial charge is 0.289 e. The molecule has 1 aromatic rings. The SMILES string of the molecule is CC(C)[N+](C1=CC2=c3c(ccc4c3=C(C=CC4)CC2)C1)(C(C)C)C(C)C. The first-order valence-electron chi connectivity index (χ1n) is 10.5. The van der Waals surface area contributed by atoms with Gasteiger partial charge in [0, 0.05) is 6.42 Å². The van der Waals surface area contributed by atoms with Gasteiger partial charge in [-0.15, -0.1) is 0 Å². The molecule has 1 nitrogen and oxygen atoms in total. The highest BCUT2D eigenvalue weighted by Crippen LogP contribution is 2.36. The van der Waals surface area contributed by atoms with Gasteiger partial charge in [-0.2, -0.15) is 0 Å². The van der Waals surface area contributed by atoms with Crippen LogP contribution in [0.2, 0.25) is 0 Å². The first-order chi connectivity index (χ1) is 12.4. The molecular formula is C25H34N+. The Bertz CT molecular complexity index is 900. The summed E-state index contributed by atoms with van der Waals surface area (Å²) in [7, 11) is 0. The fourth-order valence-electron chi connectivity index (χ4n) is 6.38. The van der Waals surface area contributed by atoms with Crippen molar-refractivity contribution in [2.45, 2.75) is 85.4 Å². The summed E-state index contributed by atoms with van der Waals surface area (Å²) in [5.41, 5.74) is 7.89. The molecule has 0 fully saturated rings. The number of quaternary nitrogens is 1. The zero-order chi connectivity index (χ0) is 18.6. The van der Waals surface area contributed by atoms with Gasteiger partial charge < -0.3 is 0 Å². The van der Waals surface area contributed by atoms with E-state index in [1.165, 1.54) is 18.4 Å². The van der Waals surface area contributed by atoms with E-state index < -0.39 is 0 Å². The summed E-state index contributed by atoms with van der Waals surface area (Å²) < 4.78 is 1.11. The molecule has 0 atom stereocenters. The Morgan fingerprint density at radius 1 is 0.769 bits per heavy atom. The second-order valence-electron chi connectivity index (χ2n) is 9.22. The average molecular weight is 349 g/mol. The van der Waals surface area contributed by atoms with Crippen LogP contribution < -0.4 is 10.4 Å². The lowest BCUT2D eigenvalue weighted by atomic mass is 9.81. The predicted octanol–water partition coefficient (Wildman–Crippen LogP) is 4.38. The van der Waals surface area contributed by atoms with Gasteiger partial charge in [0.05, 0.1) is 18.1 Å². The van der Waals surface area contributed by atoms with E-state index in [1.807, 2.05) is 0 Å². The highest BCUT2D eigenvalue weighted by Gasteiger charge is 2.43. The van der Waals surface area contributed by atoms with E-state index in [9.17, 15) is 0 Å². The summed E-state index contributed by atoms with van der Waals surface area (Å²) in [5.74, 6) is 0. The maximum Gasteiger partial charge on any atom is 0.114 e. The normalized spacial score (nSPS) is 18.7. The lowest BCUT2D eigenvalue weighted by Crippen LogP contribution is -2.62. The van der Waals surface area contributed by atoms with Crippen molar-refractivity contribution < 1.29 is 4.48 Å². The molecule has 0 saturated carbocycles. The monoisotopic (exact) mass is 348 g/mol. The molecule has 3 aliphatic carbocycles. The summed E-state index contributed by atoms with van der Waals surface area (Å²) in [6, 6.07) is 6.61. The number of nitrogens with zero attached hydrogens (tertiary/aromatic N) is 1. The van der Waals surface area contributed by atoms with E-state index in [1.54, 1.807) is 32.8 Å². The van der Waals surface area contributed by atoms with Gasteiger partial charge >= 0.3 is 0 Å². The molecule has 0 spiro atoms. The molecule has 1 heteroatoms. The molecule has 0 radical (unpaired) electrons. The lowest BCUT2D eigenvalue weighted by molar-refractivity contribution is -0.952. The van der Waals surface area contributed by atoms with E-state index in [0.717, 1.165) is 17.3 Å². The van der Waals surface area contributed by atoms with Gasteiger partial charge in [-0.3, -0.25) is 4.48 Å². The number of hydrogen-bond donors (Lipinski definition) is 0. The van der Waals surface area contributed by atoms with Crippen LogP contribution in [0, 0.1) is 0 Å². The van der Waals surface area contributed by atoms with Crippen molar-refractivity contribution in [2.75, 3.05) is 0 Å². The molecule has 3 aliphatic rings. The second-order valence-corrected chi connectivity index (χ2v) is 9.22. The third-order valence-electron chi connectivity index (χ3n) is 7.11. The van der Waals surface area contributed by atoms with Crippen LogP contribution in [0.15, 0.2) is 36.1 Å². The molecule has 0 heterocycles. The minimum absolute atomic E-state index is 0.592. The molecule has 0 amide bonds. The highest BCUT2D eigenvalue weighted by molar-refractivity contribution is 5.72. The van der Waals surface area contributed by atoms with Gasteiger partial charge in [0.1, 0.15) is 5.70 Å². The van der Waals surface area contributed by atoms with Crippen LogP contribution in [0.5, 0.6) is 0 Å². The van der Waals surface area contributed by atoms with Gasteiger partial charge in [-0.25, -0.2) is 0 Å². The first-order valence-corrected chi connectivity index (χ1v) is 10.5. The summed E-state index contributed by atoms with van der Waals surface area (Å²) in [4.78, 5) is 0.